The standard InChI is InChI=1S/C12H20N4O/c1-3-4-5-8(2)16-11-6-9(12(14)17)10(13)7-15-11/h6-8H,3-5,13H2,1-2H3,(H2,14,17)(H,15,16). The molecule has 0 fully saturated rings. The van der Waals surface area contributed by atoms with Crippen LogP contribution in [0.3, 0.4) is 0 Å². The molecule has 1 aromatic heterocycles. The van der Waals surface area contributed by atoms with Gasteiger partial charge in [0, 0.05) is 6.04 Å². The van der Waals surface area contributed by atoms with Crippen LogP contribution in [0.5, 0.6) is 0 Å². The molecule has 1 unspecified atom stereocenters. The lowest BCUT2D eigenvalue weighted by Crippen LogP contribution is -2.18. The molecule has 94 valence electrons. The number of nitrogen functional groups attached to an aromatic ring is 1. The normalized spacial score (nSPS) is 12.1. The lowest BCUT2D eigenvalue weighted by Gasteiger charge is -2.14. The number of hydrogen-bond acceptors (Lipinski definition) is 4. The highest BCUT2D eigenvalue weighted by atomic mass is 16.1. The second kappa shape index (κ2) is 6.08. The van der Waals surface area contributed by atoms with Crippen molar-refractivity contribution in [1.82, 2.24) is 4.98 Å². The highest BCUT2D eigenvalue weighted by Gasteiger charge is 2.09. The van der Waals surface area contributed by atoms with E-state index in [-0.39, 0.29) is 0 Å². The Bertz CT molecular complexity index is 392. The minimum absolute atomic E-state index is 0.310. The molecule has 5 nitrogen and oxygen atoms in total. The summed E-state index contributed by atoms with van der Waals surface area (Å²) in [6, 6.07) is 1.91. The van der Waals surface area contributed by atoms with Gasteiger partial charge in [0.1, 0.15) is 5.82 Å². The molecule has 0 aliphatic rings. The van der Waals surface area contributed by atoms with Gasteiger partial charge in [-0.25, -0.2) is 4.98 Å². The van der Waals surface area contributed by atoms with Gasteiger partial charge in [-0.05, 0) is 19.4 Å². The largest absolute Gasteiger partial charge is 0.397 e. The molecule has 1 heterocycles. The SMILES string of the molecule is CCCCC(C)Nc1cc(C(N)=O)c(N)cn1. The van der Waals surface area contributed by atoms with Gasteiger partial charge in [0.25, 0.3) is 5.91 Å². The van der Waals surface area contributed by atoms with Crippen LogP contribution in [0.4, 0.5) is 11.5 Å². The number of carbonyl (C=O) groups is 1. The highest BCUT2D eigenvalue weighted by Crippen LogP contribution is 2.15. The van der Waals surface area contributed by atoms with E-state index in [0.717, 1.165) is 19.3 Å². The summed E-state index contributed by atoms with van der Waals surface area (Å²) < 4.78 is 0. The molecule has 0 radical (unpaired) electrons. The van der Waals surface area contributed by atoms with Gasteiger partial charge in [0.15, 0.2) is 0 Å². The zero-order valence-electron chi connectivity index (χ0n) is 10.4. The third-order valence-corrected chi connectivity index (χ3v) is 2.59. The van der Waals surface area contributed by atoms with Crippen LogP contribution in [0.15, 0.2) is 12.3 Å². The fourth-order valence-electron chi connectivity index (χ4n) is 1.59. The third-order valence-electron chi connectivity index (χ3n) is 2.59. The number of primary amides is 1. The minimum atomic E-state index is -0.533. The third kappa shape index (κ3) is 3.94. The second-order valence-electron chi connectivity index (χ2n) is 4.21. The van der Waals surface area contributed by atoms with E-state index in [9.17, 15) is 4.79 Å². The number of anilines is 2. The number of amides is 1. The highest BCUT2D eigenvalue weighted by molar-refractivity contribution is 5.98. The Morgan fingerprint density at radius 1 is 1.59 bits per heavy atom. The molecule has 0 saturated carbocycles. The molecule has 1 amide bonds. The summed E-state index contributed by atoms with van der Waals surface area (Å²) in [6.45, 7) is 4.23. The van der Waals surface area contributed by atoms with Crippen LogP contribution in [-0.4, -0.2) is 16.9 Å². The molecular weight excluding hydrogens is 216 g/mol. The second-order valence-corrected chi connectivity index (χ2v) is 4.21. The van der Waals surface area contributed by atoms with Crippen LogP contribution < -0.4 is 16.8 Å². The van der Waals surface area contributed by atoms with Gasteiger partial charge in [-0.2, -0.15) is 0 Å². The summed E-state index contributed by atoms with van der Waals surface area (Å²) in [7, 11) is 0. The van der Waals surface area contributed by atoms with E-state index >= 15 is 0 Å². The molecule has 1 atom stereocenters. The average molecular weight is 236 g/mol. The summed E-state index contributed by atoms with van der Waals surface area (Å²) in [4.78, 5) is 15.2. The quantitative estimate of drug-likeness (QED) is 0.701. The Hall–Kier alpha value is -1.78. The molecule has 1 aromatic rings. The topological polar surface area (TPSA) is 94.0 Å². The predicted octanol–water partition coefficient (Wildman–Crippen LogP) is 1.75. The number of nitrogens with two attached hydrogens (primary N) is 2. The molecule has 5 heteroatoms. The van der Waals surface area contributed by atoms with Crippen molar-refractivity contribution in [2.24, 2.45) is 5.73 Å². The maximum atomic E-state index is 11.1. The van der Waals surface area contributed by atoms with Gasteiger partial charge in [-0.3, -0.25) is 4.79 Å². The van der Waals surface area contributed by atoms with E-state index in [2.05, 4.69) is 24.1 Å². The Morgan fingerprint density at radius 2 is 2.29 bits per heavy atom. The monoisotopic (exact) mass is 236 g/mol. The van der Waals surface area contributed by atoms with Crippen molar-refractivity contribution in [2.45, 2.75) is 39.2 Å². The molecule has 1 rings (SSSR count). The summed E-state index contributed by atoms with van der Waals surface area (Å²) in [6.07, 6.45) is 4.84. The van der Waals surface area contributed by atoms with Crippen molar-refractivity contribution in [3.63, 3.8) is 0 Å². The van der Waals surface area contributed by atoms with Gasteiger partial charge in [-0.1, -0.05) is 19.8 Å². The zero-order chi connectivity index (χ0) is 12.8. The molecule has 0 aromatic carbocycles. The number of nitrogens with one attached hydrogen (secondary N) is 1. The fourth-order valence-corrected chi connectivity index (χ4v) is 1.59. The summed E-state index contributed by atoms with van der Waals surface area (Å²) in [5.41, 5.74) is 11.5. The molecule has 0 bridgehead atoms. The molecule has 0 saturated heterocycles. The van der Waals surface area contributed by atoms with Gasteiger partial charge < -0.3 is 16.8 Å². The van der Waals surface area contributed by atoms with Crippen LogP contribution in [-0.2, 0) is 0 Å². The number of carbonyl (C=O) groups excluding carboxylic acids is 1. The van der Waals surface area contributed by atoms with Crippen LogP contribution >= 0.6 is 0 Å². The maximum absolute atomic E-state index is 11.1. The zero-order valence-corrected chi connectivity index (χ0v) is 10.4. The Labute approximate surface area is 102 Å². The molecule has 5 N–H and O–H groups in total. The van der Waals surface area contributed by atoms with Gasteiger partial charge in [-0.15, -0.1) is 0 Å². The smallest absolute Gasteiger partial charge is 0.250 e. The van der Waals surface area contributed by atoms with Crippen LogP contribution in [0.1, 0.15) is 43.5 Å². The Morgan fingerprint density at radius 3 is 2.88 bits per heavy atom. The number of nitrogens with zero attached hydrogens (tertiary/aromatic N) is 1. The average Bonchev–Trinajstić information content (AvgIpc) is 2.28. The number of aromatic nitrogens is 1. The van der Waals surface area contributed by atoms with Crippen LogP contribution in [0.25, 0.3) is 0 Å². The first-order valence-corrected chi connectivity index (χ1v) is 5.86. The van der Waals surface area contributed by atoms with E-state index in [0.29, 0.717) is 23.1 Å². The van der Waals surface area contributed by atoms with Gasteiger partial charge >= 0.3 is 0 Å². The lowest BCUT2D eigenvalue weighted by atomic mass is 10.1. The van der Waals surface area contributed by atoms with Crippen molar-refractivity contribution >= 4 is 17.4 Å². The molecular formula is C12H20N4O. The van der Waals surface area contributed by atoms with Crippen LogP contribution in [0, 0.1) is 0 Å². The Balaban J connectivity index is 2.72. The Kier molecular flexibility index (Phi) is 4.75. The van der Waals surface area contributed by atoms with Crippen molar-refractivity contribution in [3.8, 4) is 0 Å². The summed E-state index contributed by atoms with van der Waals surface area (Å²) in [5.74, 6) is 0.103. The number of unbranched alkanes of at least 4 members (excludes halogenated alkanes) is 1. The summed E-state index contributed by atoms with van der Waals surface area (Å²) in [5, 5.41) is 3.22. The van der Waals surface area contributed by atoms with Crippen molar-refractivity contribution < 1.29 is 4.79 Å². The van der Waals surface area contributed by atoms with Crippen molar-refractivity contribution in [1.29, 1.82) is 0 Å². The minimum Gasteiger partial charge on any atom is -0.397 e. The first-order valence-electron chi connectivity index (χ1n) is 5.86. The van der Waals surface area contributed by atoms with E-state index in [1.54, 1.807) is 6.07 Å². The van der Waals surface area contributed by atoms with Crippen molar-refractivity contribution in [2.75, 3.05) is 11.1 Å². The number of hydrogen-bond donors (Lipinski definition) is 3. The maximum Gasteiger partial charge on any atom is 0.250 e. The van der Waals surface area contributed by atoms with E-state index in [1.807, 2.05) is 0 Å². The first kappa shape index (κ1) is 13.3. The number of rotatable bonds is 6. The van der Waals surface area contributed by atoms with Gasteiger partial charge in [0.05, 0.1) is 17.4 Å². The molecule has 0 spiro atoms. The number of pyridine rings is 1. The summed E-state index contributed by atoms with van der Waals surface area (Å²) >= 11 is 0. The molecule has 17 heavy (non-hydrogen) atoms. The lowest BCUT2D eigenvalue weighted by molar-refractivity contribution is 0.100. The van der Waals surface area contributed by atoms with E-state index in [1.165, 1.54) is 6.20 Å². The van der Waals surface area contributed by atoms with E-state index in [4.69, 9.17) is 11.5 Å². The van der Waals surface area contributed by atoms with E-state index < -0.39 is 5.91 Å². The predicted molar refractivity (Wildman–Crippen MR) is 69.8 cm³/mol. The first-order chi connectivity index (χ1) is 8.04. The molecule has 0 aliphatic heterocycles. The fraction of sp³-hybridized carbons (Fsp3) is 0.500. The molecule has 0 aliphatic carbocycles. The van der Waals surface area contributed by atoms with Gasteiger partial charge in [0.2, 0.25) is 0 Å². The van der Waals surface area contributed by atoms with Crippen LogP contribution in [0.2, 0.25) is 0 Å². The van der Waals surface area contributed by atoms with Crippen molar-refractivity contribution in [3.05, 3.63) is 17.8 Å².